The molecule has 23 heavy (non-hydrogen) atoms. The number of carbonyl (C=O) groups excluding carboxylic acids is 2. The van der Waals surface area contributed by atoms with E-state index >= 15 is 0 Å². The zero-order chi connectivity index (χ0) is 16.2. The van der Waals surface area contributed by atoms with Gasteiger partial charge in [-0.2, -0.15) is 0 Å². The van der Waals surface area contributed by atoms with Crippen molar-refractivity contribution < 1.29 is 9.59 Å². The maximum Gasteiger partial charge on any atom is 0.319 e. The normalized spacial score (nSPS) is 23.9. The second-order valence-corrected chi connectivity index (χ2v) is 6.81. The molecule has 2 unspecified atom stereocenters. The fourth-order valence-electron chi connectivity index (χ4n) is 3.09. The summed E-state index contributed by atoms with van der Waals surface area (Å²) >= 11 is 0. The topological polar surface area (TPSA) is 70.2 Å². The molecule has 3 rings (SSSR count). The van der Waals surface area contributed by atoms with Crippen LogP contribution >= 0.6 is 0 Å². The van der Waals surface area contributed by atoms with Crippen LogP contribution in [0, 0.1) is 11.8 Å². The molecule has 0 bridgehead atoms. The third kappa shape index (κ3) is 4.47. The van der Waals surface area contributed by atoms with Gasteiger partial charge in [0.1, 0.15) is 0 Å². The molecule has 3 N–H and O–H groups in total. The van der Waals surface area contributed by atoms with Crippen molar-refractivity contribution in [1.82, 2.24) is 5.32 Å². The van der Waals surface area contributed by atoms with Crippen molar-refractivity contribution in [2.24, 2.45) is 11.8 Å². The van der Waals surface area contributed by atoms with E-state index in [1.807, 2.05) is 24.3 Å². The largest absolute Gasteiger partial charge is 0.335 e. The first-order chi connectivity index (χ1) is 11.1. The van der Waals surface area contributed by atoms with E-state index in [1.165, 1.54) is 19.3 Å². The number of amides is 3. The van der Waals surface area contributed by atoms with Crippen LogP contribution in [0.1, 0.15) is 45.4 Å². The minimum atomic E-state index is -0.154. The van der Waals surface area contributed by atoms with Crippen LogP contribution in [0.5, 0.6) is 0 Å². The predicted molar refractivity (Wildman–Crippen MR) is 91.4 cm³/mol. The molecular formula is C18H25N3O2. The molecule has 1 aromatic carbocycles. The van der Waals surface area contributed by atoms with Crippen molar-refractivity contribution in [3.05, 3.63) is 24.3 Å². The van der Waals surface area contributed by atoms with Gasteiger partial charge in [0.2, 0.25) is 5.91 Å². The number of urea groups is 1. The van der Waals surface area contributed by atoms with E-state index in [2.05, 4.69) is 22.9 Å². The first-order valence-corrected chi connectivity index (χ1v) is 8.60. The molecule has 0 aliphatic heterocycles. The van der Waals surface area contributed by atoms with E-state index in [0.29, 0.717) is 5.92 Å². The summed E-state index contributed by atoms with van der Waals surface area (Å²) in [7, 11) is 0. The summed E-state index contributed by atoms with van der Waals surface area (Å²) in [5, 5.41) is 8.82. The molecule has 0 radical (unpaired) electrons. The van der Waals surface area contributed by atoms with Crippen molar-refractivity contribution in [3.8, 4) is 0 Å². The average Bonchev–Trinajstić information content (AvgIpc) is 3.36. The van der Waals surface area contributed by atoms with Crippen molar-refractivity contribution in [3.63, 3.8) is 0 Å². The third-order valence-electron chi connectivity index (χ3n) is 4.79. The van der Waals surface area contributed by atoms with Crippen LogP contribution in [0.3, 0.4) is 0 Å². The Bertz CT molecular complexity index is 566. The standard InChI is InChI=1S/C18H25N3O2/c1-12-4-2-3-5-16(12)21-18(23)20-15-10-8-14(9-11-15)19-17(22)13-6-7-13/h8-13,16H,2-7H2,1H3,(H,19,22)(H2,20,21,23). The fourth-order valence-corrected chi connectivity index (χ4v) is 3.09. The van der Waals surface area contributed by atoms with E-state index in [4.69, 9.17) is 0 Å². The van der Waals surface area contributed by atoms with Crippen LogP contribution in [0.25, 0.3) is 0 Å². The van der Waals surface area contributed by atoms with Crippen LogP contribution in [0.15, 0.2) is 24.3 Å². The van der Waals surface area contributed by atoms with Gasteiger partial charge in [0, 0.05) is 23.3 Å². The van der Waals surface area contributed by atoms with E-state index in [-0.39, 0.29) is 23.9 Å². The number of hydrogen-bond donors (Lipinski definition) is 3. The molecule has 5 heteroatoms. The Morgan fingerprint density at radius 3 is 2.13 bits per heavy atom. The second-order valence-electron chi connectivity index (χ2n) is 6.81. The Hall–Kier alpha value is -2.04. The number of carbonyl (C=O) groups is 2. The molecule has 2 aliphatic carbocycles. The van der Waals surface area contributed by atoms with Crippen LogP contribution in [0.4, 0.5) is 16.2 Å². The van der Waals surface area contributed by atoms with Gasteiger partial charge in [0.25, 0.3) is 0 Å². The summed E-state index contributed by atoms with van der Waals surface area (Å²) in [6, 6.07) is 7.37. The SMILES string of the molecule is CC1CCCCC1NC(=O)Nc1ccc(NC(=O)C2CC2)cc1. The van der Waals surface area contributed by atoms with Crippen LogP contribution in [-0.4, -0.2) is 18.0 Å². The van der Waals surface area contributed by atoms with Gasteiger partial charge in [-0.05, 0) is 55.9 Å². The summed E-state index contributed by atoms with van der Waals surface area (Å²) in [5.74, 6) is 0.820. The summed E-state index contributed by atoms with van der Waals surface area (Å²) in [4.78, 5) is 23.8. The molecule has 2 aliphatic rings. The Labute approximate surface area is 137 Å². The Balaban J connectivity index is 1.49. The van der Waals surface area contributed by atoms with E-state index < -0.39 is 0 Å². The zero-order valence-electron chi connectivity index (χ0n) is 13.6. The molecule has 0 saturated heterocycles. The van der Waals surface area contributed by atoms with Crippen LogP contribution in [0.2, 0.25) is 0 Å². The first-order valence-electron chi connectivity index (χ1n) is 8.60. The quantitative estimate of drug-likeness (QED) is 0.792. The highest BCUT2D eigenvalue weighted by Gasteiger charge is 2.29. The molecule has 2 fully saturated rings. The summed E-state index contributed by atoms with van der Waals surface area (Å²) in [6.07, 6.45) is 6.66. The lowest BCUT2D eigenvalue weighted by atomic mass is 9.86. The molecule has 0 spiro atoms. The lowest BCUT2D eigenvalue weighted by Crippen LogP contribution is -2.43. The van der Waals surface area contributed by atoms with Gasteiger partial charge < -0.3 is 16.0 Å². The minimum absolute atomic E-state index is 0.0924. The lowest BCUT2D eigenvalue weighted by Gasteiger charge is -2.29. The molecule has 2 saturated carbocycles. The summed E-state index contributed by atoms with van der Waals surface area (Å²) in [5.41, 5.74) is 1.50. The summed E-state index contributed by atoms with van der Waals surface area (Å²) < 4.78 is 0. The molecule has 0 aromatic heterocycles. The predicted octanol–water partition coefficient (Wildman–Crippen LogP) is 3.74. The molecule has 2 atom stereocenters. The Kier molecular flexibility index (Phi) is 4.84. The highest BCUT2D eigenvalue weighted by molar-refractivity contribution is 5.94. The van der Waals surface area contributed by atoms with Crippen molar-refractivity contribution in [1.29, 1.82) is 0 Å². The van der Waals surface area contributed by atoms with Gasteiger partial charge in [-0.15, -0.1) is 0 Å². The fraction of sp³-hybridized carbons (Fsp3) is 0.556. The molecule has 5 nitrogen and oxygen atoms in total. The summed E-state index contributed by atoms with van der Waals surface area (Å²) in [6.45, 7) is 2.20. The van der Waals surface area contributed by atoms with Crippen LogP contribution < -0.4 is 16.0 Å². The smallest absolute Gasteiger partial charge is 0.319 e. The molecule has 124 valence electrons. The number of hydrogen-bond acceptors (Lipinski definition) is 2. The number of anilines is 2. The van der Waals surface area contributed by atoms with E-state index in [9.17, 15) is 9.59 Å². The average molecular weight is 315 g/mol. The van der Waals surface area contributed by atoms with E-state index in [1.54, 1.807) is 0 Å². The van der Waals surface area contributed by atoms with Crippen molar-refractivity contribution in [2.45, 2.75) is 51.5 Å². The molecule has 1 aromatic rings. The maximum atomic E-state index is 12.1. The maximum absolute atomic E-state index is 12.1. The van der Waals surface area contributed by atoms with Gasteiger partial charge >= 0.3 is 6.03 Å². The van der Waals surface area contributed by atoms with Gasteiger partial charge in [0.05, 0.1) is 0 Å². The zero-order valence-corrected chi connectivity index (χ0v) is 13.6. The highest BCUT2D eigenvalue weighted by Crippen LogP contribution is 2.30. The van der Waals surface area contributed by atoms with Gasteiger partial charge in [0.15, 0.2) is 0 Å². The Morgan fingerprint density at radius 2 is 1.52 bits per heavy atom. The monoisotopic (exact) mass is 315 g/mol. The molecular weight excluding hydrogens is 290 g/mol. The van der Waals surface area contributed by atoms with Crippen LogP contribution in [-0.2, 0) is 4.79 Å². The number of rotatable bonds is 4. The molecule has 3 amide bonds. The van der Waals surface area contributed by atoms with E-state index in [0.717, 1.165) is 30.6 Å². The Morgan fingerprint density at radius 1 is 0.913 bits per heavy atom. The van der Waals surface area contributed by atoms with Gasteiger partial charge in [-0.25, -0.2) is 4.79 Å². The second kappa shape index (κ2) is 7.02. The lowest BCUT2D eigenvalue weighted by molar-refractivity contribution is -0.117. The first kappa shape index (κ1) is 15.8. The van der Waals surface area contributed by atoms with Gasteiger partial charge in [-0.3, -0.25) is 4.79 Å². The third-order valence-corrected chi connectivity index (χ3v) is 4.79. The highest BCUT2D eigenvalue weighted by atomic mass is 16.2. The number of nitrogens with one attached hydrogen (secondary N) is 3. The van der Waals surface area contributed by atoms with Gasteiger partial charge in [-0.1, -0.05) is 19.8 Å². The number of benzene rings is 1. The van der Waals surface area contributed by atoms with Crippen molar-refractivity contribution >= 4 is 23.3 Å². The minimum Gasteiger partial charge on any atom is -0.335 e. The molecule has 0 heterocycles. The van der Waals surface area contributed by atoms with Crippen molar-refractivity contribution in [2.75, 3.05) is 10.6 Å².